The molecule has 0 aliphatic carbocycles. The molecule has 1 amide bonds. The zero-order valence-electron chi connectivity index (χ0n) is 16.8. The summed E-state index contributed by atoms with van der Waals surface area (Å²) >= 11 is 0. The van der Waals surface area contributed by atoms with Gasteiger partial charge in [-0.2, -0.15) is 4.31 Å². The van der Waals surface area contributed by atoms with Crippen molar-refractivity contribution in [2.45, 2.75) is 37.1 Å². The normalized spacial score (nSPS) is 17.5. The number of hydrogen-bond acceptors (Lipinski definition) is 5. The van der Waals surface area contributed by atoms with Crippen LogP contribution in [0.15, 0.2) is 52.2 Å². The van der Waals surface area contributed by atoms with Crippen LogP contribution in [0.1, 0.15) is 36.5 Å². The Labute approximate surface area is 178 Å². The van der Waals surface area contributed by atoms with Crippen LogP contribution in [0.25, 0.3) is 11.0 Å². The second-order valence-electron chi connectivity index (χ2n) is 7.54. The Balaban J connectivity index is 1.58. The monoisotopic (exact) mass is 442 g/mol. The molecule has 9 nitrogen and oxygen atoms in total. The van der Waals surface area contributed by atoms with Crippen molar-refractivity contribution >= 4 is 38.4 Å². The van der Waals surface area contributed by atoms with Crippen molar-refractivity contribution in [3.63, 3.8) is 0 Å². The third-order valence-electron chi connectivity index (χ3n) is 5.41. The largest absolute Gasteiger partial charge is 0.325 e. The summed E-state index contributed by atoms with van der Waals surface area (Å²) in [6, 6.07) is 9.81. The molecule has 0 bridgehead atoms. The molecule has 0 radical (unpaired) electrons. The number of hydrogen-bond donors (Lipinski definition) is 3. The molecule has 2 heterocycles. The van der Waals surface area contributed by atoms with Gasteiger partial charge in [0.2, 0.25) is 15.9 Å². The van der Waals surface area contributed by atoms with E-state index >= 15 is 0 Å². The van der Waals surface area contributed by atoms with E-state index < -0.39 is 22.0 Å². The lowest BCUT2D eigenvalue weighted by Gasteiger charge is -2.33. The van der Waals surface area contributed by atoms with Crippen LogP contribution in [-0.4, -0.2) is 47.0 Å². The van der Waals surface area contributed by atoms with Crippen LogP contribution in [0.3, 0.4) is 0 Å². The minimum Gasteiger partial charge on any atom is -0.325 e. The van der Waals surface area contributed by atoms with Gasteiger partial charge < -0.3 is 15.3 Å². The van der Waals surface area contributed by atoms with Gasteiger partial charge in [0.15, 0.2) is 5.78 Å². The van der Waals surface area contributed by atoms with Crippen LogP contribution in [0.2, 0.25) is 0 Å². The van der Waals surface area contributed by atoms with E-state index in [0.717, 1.165) is 6.42 Å². The van der Waals surface area contributed by atoms with Gasteiger partial charge in [0.05, 0.1) is 15.9 Å². The Kier molecular flexibility index (Phi) is 5.50. The standard InChI is InChI=1S/C21H22N4O5S/c1-13(26)14-5-8-16(9-6-14)31(29,30)25-11-3-2-4-19(25)20(27)22-15-7-10-17-18(12-15)24-21(28)23-17/h5-10,12,19H,2-4,11H2,1H3,(H,22,27)(H2,23,24,28). The molecule has 31 heavy (non-hydrogen) atoms. The van der Waals surface area contributed by atoms with Gasteiger partial charge in [-0.3, -0.25) is 9.59 Å². The van der Waals surface area contributed by atoms with Crippen LogP contribution in [0.4, 0.5) is 5.69 Å². The molecule has 1 aliphatic heterocycles. The highest BCUT2D eigenvalue weighted by atomic mass is 32.2. The van der Waals surface area contributed by atoms with Gasteiger partial charge in [-0.15, -0.1) is 0 Å². The lowest BCUT2D eigenvalue weighted by molar-refractivity contribution is -0.120. The van der Waals surface area contributed by atoms with Crippen molar-refractivity contribution in [2.24, 2.45) is 0 Å². The van der Waals surface area contributed by atoms with Crippen molar-refractivity contribution in [3.05, 3.63) is 58.5 Å². The topological polar surface area (TPSA) is 132 Å². The molecule has 1 aromatic heterocycles. The van der Waals surface area contributed by atoms with E-state index in [9.17, 15) is 22.8 Å². The van der Waals surface area contributed by atoms with E-state index in [1.54, 1.807) is 18.2 Å². The van der Waals surface area contributed by atoms with Crippen molar-refractivity contribution in [1.29, 1.82) is 0 Å². The summed E-state index contributed by atoms with van der Waals surface area (Å²) in [5.41, 5.74) is 1.69. The highest BCUT2D eigenvalue weighted by molar-refractivity contribution is 7.89. The molecule has 10 heteroatoms. The first-order valence-corrected chi connectivity index (χ1v) is 11.4. The Hall–Kier alpha value is -3.24. The average Bonchev–Trinajstić information content (AvgIpc) is 3.13. The van der Waals surface area contributed by atoms with E-state index in [1.807, 2.05) is 0 Å². The molecule has 162 valence electrons. The maximum Gasteiger partial charge on any atom is 0.323 e. The lowest BCUT2D eigenvalue weighted by atomic mass is 10.0. The molecule has 1 unspecified atom stereocenters. The fourth-order valence-corrected chi connectivity index (χ4v) is 5.44. The molecule has 3 N–H and O–H groups in total. The van der Waals surface area contributed by atoms with Crippen molar-refractivity contribution < 1.29 is 18.0 Å². The lowest BCUT2D eigenvalue weighted by Crippen LogP contribution is -2.49. The van der Waals surface area contributed by atoms with Gasteiger partial charge in [-0.1, -0.05) is 18.6 Å². The summed E-state index contributed by atoms with van der Waals surface area (Å²) in [6.07, 6.45) is 1.79. The third-order valence-corrected chi connectivity index (χ3v) is 7.33. The summed E-state index contributed by atoms with van der Waals surface area (Å²) in [6.45, 7) is 1.65. The fourth-order valence-electron chi connectivity index (χ4n) is 3.79. The number of nitrogens with zero attached hydrogens (tertiary/aromatic N) is 1. The van der Waals surface area contributed by atoms with E-state index in [1.165, 1.54) is 35.5 Å². The molecule has 4 rings (SSSR count). The summed E-state index contributed by atoms with van der Waals surface area (Å²) < 4.78 is 27.7. The van der Waals surface area contributed by atoms with Gasteiger partial charge in [0.25, 0.3) is 0 Å². The summed E-state index contributed by atoms with van der Waals surface area (Å²) in [7, 11) is -3.91. The number of aromatic amines is 2. The highest BCUT2D eigenvalue weighted by Gasteiger charge is 2.37. The number of nitrogens with one attached hydrogen (secondary N) is 3. The van der Waals surface area contributed by atoms with Crippen LogP contribution >= 0.6 is 0 Å². The molecule has 0 spiro atoms. The first-order valence-electron chi connectivity index (χ1n) is 9.91. The number of sulfonamides is 1. The number of benzene rings is 2. The minimum absolute atomic E-state index is 0.0449. The number of anilines is 1. The molecular formula is C21H22N4O5S. The number of aromatic nitrogens is 2. The van der Waals surface area contributed by atoms with Gasteiger partial charge in [0.1, 0.15) is 6.04 Å². The van der Waals surface area contributed by atoms with E-state index in [0.29, 0.717) is 35.1 Å². The van der Waals surface area contributed by atoms with Gasteiger partial charge in [-0.25, -0.2) is 13.2 Å². The Morgan fingerprint density at radius 1 is 1.03 bits per heavy atom. The number of rotatable bonds is 5. The maximum atomic E-state index is 13.2. The smallest absolute Gasteiger partial charge is 0.323 e. The number of imidazole rings is 1. The number of Topliss-reactive ketones (excluding diaryl/α,β-unsaturated/α-hetero) is 1. The van der Waals surface area contributed by atoms with Crippen molar-refractivity contribution in [2.75, 3.05) is 11.9 Å². The maximum absolute atomic E-state index is 13.2. The van der Waals surface area contributed by atoms with Crippen LogP contribution in [0, 0.1) is 0 Å². The Bertz CT molecular complexity index is 1310. The second kappa shape index (κ2) is 8.12. The molecule has 1 fully saturated rings. The highest BCUT2D eigenvalue weighted by Crippen LogP contribution is 2.27. The third kappa shape index (κ3) is 4.17. The minimum atomic E-state index is -3.91. The number of carbonyl (C=O) groups excluding carboxylic acids is 2. The Morgan fingerprint density at radius 2 is 1.74 bits per heavy atom. The van der Waals surface area contributed by atoms with Crippen LogP contribution in [-0.2, 0) is 14.8 Å². The van der Waals surface area contributed by atoms with Crippen molar-refractivity contribution in [1.82, 2.24) is 14.3 Å². The summed E-state index contributed by atoms with van der Waals surface area (Å²) in [5.74, 6) is -0.583. The van der Waals surface area contributed by atoms with Crippen LogP contribution < -0.4 is 11.0 Å². The number of piperidine rings is 1. The number of amides is 1. The van der Waals surface area contributed by atoms with Crippen LogP contribution in [0.5, 0.6) is 0 Å². The van der Waals surface area contributed by atoms with Crippen molar-refractivity contribution in [3.8, 4) is 0 Å². The molecule has 2 aromatic carbocycles. The predicted octanol–water partition coefficient (Wildman–Crippen LogP) is 2.24. The zero-order valence-corrected chi connectivity index (χ0v) is 17.7. The molecule has 1 aliphatic rings. The molecule has 1 saturated heterocycles. The second-order valence-corrected chi connectivity index (χ2v) is 9.43. The SMILES string of the molecule is CC(=O)c1ccc(S(=O)(=O)N2CCCCC2C(=O)Nc2ccc3[nH]c(=O)[nH]c3c2)cc1. The van der Waals surface area contributed by atoms with Gasteiger partial charge in [-0.05, 0) is 50.1 Å². The summed E-state index contributed by atoms with van der Waals surface area (Å²) in [5, 5.41) is 2.76. The van der Waals surface area contributed by atoms with E-state index in [-0.39, 0.29) is 22.9 Å². The van der Waals surface area contributed by atoms with Gasteiger partial charge in [0, 0.05) is 17.8 Å². The number of carbonyl (C=O) groups is 2. The van der Waals surface area contributed by atoms with E-state index in [4.69, 9.17) is 0 Å². The molecular weight excluding hydrogens is 420 g/mol. The predicted molar refractivity (Wildman–Crippen MR) is 116 cm³/mol. The first kappa shape index (κ1) is 21.0. The quantitative estimate of drug-likeness (QED) is 0.521. The molecule has 3 aromatic rings. The zero-order chi connectivity index (χ0) is 22.2. The molecule has 0 saturated carbocycles. The first-order chi connectivity index (χ1) is 14.8. The average molecular weight is 442 g/mol. The number of H-pyrrole nitrogens is 2. The summed E-state index contributed by atoms with van der Waals surface area (Å²) in [4.78, 5) is 41.2. The molecule has 1 atom stereocenters. The fraction of sp³-hybridized carbons (Fsp3) is 0.286. The van der Waals surface area contributed by atoms with Gasteiger partial charge >= 0.3 is 5.69 Å². The Morgan fingerprint density at radius 3 is 2.45 bits per heavy atom. The number of fused-ring (bicyclic) bond motifs is 1. The number of ketones is 1. The van der Waals surface area contributed by atoms with E-state index in [2.05, 4.69) is 15.3 Å².